The van der Waals surface area contributed by atoms with Crippen molar-refractivity contribution in [3.63, 3.8) is 0 Å². The van der Waals surface area contributed by atoms with Gasteiger partial charge in [0.15, 0.2) is 9.84 Å². The summed E-state index contributed by atoms with van der Waals surface area (Å²) in [5, 5.41) is 12.5. The number of anilines is 3. The molecule has 0 amide bonds. The number of hydrogen-bond acceptors (Lipinski definition) is 7. The van der Waals surface area contributed by atoms with Gasteiger partial charge in [-0.05, 0) is 48.7 Å². The summed E-state index contributed by atoms with van der Waals surface area (Å²) in [7, 11) is 0.195. The highest BCUT2D eigenvalue weighted by Crippen LogP contribution is 2.49. The fourth-order valence-electron chi connectivity index (χ4n) is 8.02. The lowest BCUT2D eigenvalue weighted by molar-refractivity contribution is -0.953. The van der Waals surface area contributed by atoms with E-state index in [1.807, 2.05) is 60.3 Å². The van der Waals surface area contributed by atoms with Crippen LogP contribution in [0, 0.1) is 5.41 Å². The van der Waals surface area contributed by atoms with E-state index in [0.29, 0.717) is 30.9 Å². The Hall–Kier alpha value is -3.11. The van der Waals surface area contributed by atoms with E-state index in [4.69, 9.17) is 4.74 Å². The minimum atomic E-state index is -3.69. The van der Waals surface area contributed by atoms with E-state index < -0.39 is 21.5 Å². The first-order valence-corrected chi connectivity index (χ1v) is 19.6. The number of aliphatic hydroxyl groups excluding tert-OH is 1. The molecule has 9 heteroatoms. The lowest BCUT2D eigenvalue weighted by Crippen LogP contribution is -2.66. The molecule has 8 nitrogen and oxygen atoms in total. The maximum absolute atomic E-state index is 14.2. The van der Waals surface area contributed by atoms with Gasteiger partial charge in [0, 0.05) is 62.1 Å². The van der Waals surface area contributed by atoms with Crippen LogP contribution < -0.4 is 14.5 Å². The number of quaternary nitrogens is 1. The third kappa shape index (κ3) is 7.25. The number of fused-ring (bicyclic) bond motifs is 4. The van der Waals surface area contributed by atoms with Crippen molar-refractivity contribution < 1.29 is 22.7 Å². The third-order valence-electron chi connectivity index (χ3n) is 11.1. The lowest BCUT2D eigenvalue weighted by Gasteiger charge is -2.50. The van der Waals surface area contributed by atoms with Gasteiger partial charge in [-0.2, -0.15) is 0 Å². The van der Waals surface area contributed by atoms with Gasteiger partial charge < -0.3 is 24.1 Å². The highest BCUT2D eigenvalue weighted by molar-refractivity contribution is 7.91. The van der Waals surface area contributed by atoms with Crippen molar-refractivity contribution in [2.45, 2.75) is 76.6 Å². The predicted octanol–water partition coefficient (Wildman–Crippen LogP) is 6.59. The first kappa shape index (κ1) is 34.7. The van der Waals surface area contributed by atoms with Crippen LogP contribution in [0.5, 0.6) is 5.75 Å². The van der Waals surface area contributed by atoms with Crippen LogP contribution in [0.25, 0.3) is 0 Å². The van der Waals surface area contributed by atoms with Crippen LogP contribution in [0.15, 0.2) is 71.6 Å². The van der Waals surface area contributed by atoms with E-state index in [2.05, 4.69) is 43.0 Å². The summed E-state index contributed by atoms with van der Waals surface area (Å²) in [6.07, 6.45) is 3.82. The Kier molecular flexibility index (Phi) is 10.4. The summed E-state index contributed by atoms with van der Waals surface area (Å²) in [4.78, 5) is 6.68. The SMILES string of the molecule is CCCCC1(CCCC)CS(=O)(=O)c2ccc(N(C)C)cc2N(c2cccc(OCc3ccc(C[N+]45CCN(CC4)CC5)cc3)c2)[C@H]1O. The number of unbranched alkanes of at least 4 members (excludes halogenated alkanes) is 2. The number of benzene rings is 3. The van der Waals surface area contributed by atoms with Gasteiger partial charge >= 0.3 is 0 Å². The molecule has 0 saturated carbocycles. The molecule has 2 bridgehead atoms. The second-order valence-corrected chi connectivity index (χ2v) is 16.7. The predicted molar refractivity (Wildman–Crippen MR) is 195 cm³/mol. The summed E-state index contributed by atoms with van der Waals surface area (Å²) >= 11 is 0. The first-order chi connectivity index (χ1) is 23.1. The molecule has 7 rings (SSSR count). The largest absolute Gasteiger partial charge is 0.489 e. The lowest BCUT2D eigenvalue weighted by atomic mass is 9.77. The number of nitrogens with zero attached hydrogens (tertiary/aromatic N) is 4. The van der Waals surface area contributed by atoms with E-state index in [1.54, 1.807) is 6.07 Å². The number of rotatable bonds is 13. The molecule has 0 spiro atoms. The molecule has 3 fully saturated rings. The molecule has 4 aliphatic heterocycles. The van der Waals surface area contributed by atoms with Crippen LogP contribution in [0.2, 0.25) is 0 Å². The normalized spacial score (nSPS) is 24.1. The number of hydrogen-bond donors (Lipinski definition) is 1. The molecule has 3 saturated heterocycles. The van der Waals surface area contributed by atoms with Crippen LogP contribution in [-0.2, 0) is 23.0 Å². The van der Waals surface area contributed by atoms with Crippen LogP contribution in [0.3, 0.4) is 0 Å². The quantitative estimate of drug-likeness (QED) is 0.205. The number of aliphatic hydroxyl groups is 1. The van der Waals surface area contributed by atoms with Crippen molar-refractivity contribution in [2.24, 2.45) is 5.41 Å². The Morgan fingerprint density at radius 3 is 2.17 bits per heavy atom. The fraction of sp³-hybridized carbons (Fsp3) is 0.538. The van der Waals surface area contributed by atoms with Crippen LogP contribution in [-0.4, -0.2) is 88.3 Å². The van der Waals surface area contributed by atoms with Crippen molar-refractivity contribution in [1.82, 2.24) is 4.90 Å². The summed E-state index contributed by atoms with van der Waals surface area (Å²) in [6.45, 7) is 13.2. The molecule has 3 aromatic rings. The monoisotopic (exact) mass is 675 g/mol. The zero-order chi connectivity index (χ0) is 33.9. The van der Waals surface area contributed by atoms with Gasteiger partial charge in [0.05, 0.1) is 36.0 Å². The molecule has 48 heavy (non-hydrogen) atoms. The minimum absolute atomic E-state index is 0.0728. The maximum atomic E-state index is 14.2. The third-order valence-corrected chi connectivity index (χ3v) is 13.1. The Morgan fingerprint density at radius 2 is 1.54 bits per heavy atom. The average molecular weight is 676 g/mol. The van der Waals surface area contributed by atoms with Crippen molar-refractivity contribution in [3.8, 4) is 5.75 Å². The van der Waals surface area contributed by atoms with Crippen LogP contribution in [0.1, 0.15) is 63.5 Å². The molecular formula is C39H55N4O4S+. The van der Waals surface area contributed by atoms with Gasteiger partial charge in [-0.25, -0.2) is 8.42 Å². The summed E-state index contributed by atoms with van der Waals surface area (Å²) in [5.74, 6) is 0.606. The summed E-state index contributed by atoms with van der Waals surface area (Å²) in [6, 6.07) is 22.1. The highest BCUT2D eigenvalue weighted by atomic mass is 32.2. The van der Waals surface area contributed by atoms with Crippen molar-refractivity contribution in [1.29, 1.82) is 0 Å². The molecule has 1 N–H and O–H groups in total. The number of ether oxygens (including phenoxy) is 1. The van der Waals surface area contributed by atoms with Crippen LogP contribution in [0.4, 0.5) is 17.1 Å². The molecule has 0 unspecified atom stereocenters. The van der Waals surface area contributed by atoms with E-state index >= 15 is 0 Å². The average Bonchev–Trinajstić information content (AvgIpc) is 3.16. The molecule has 260 valence electrons. The summed E-state index contributed by atoms with van der Waals surface area (Å²) in [5.41, 5.74) is 3.78. The molecular weight excluding hydrogens is 621 g/mol. The second-order valence-electron chi connectivity index (χ2n) is 14.7. The van der Waals surface area contributed by atoms with Crippen molar-refractivity contribution >= 4 is 26.9 Å². The number of sulfone groups is 1. The van der Waals surface area contributed by atoms with Crippen molar-refractivity contribution in [2.75, 3.05) is 68.9 Å². The maximum Gasteiger partial charge on any atom is 0.181 e. The molecule has 0 radical (unpaired) electrons. The van der Waals surface area contributed by atoms with E-state index in [1.165, 1.54) is 49.3 Å². The minimum Gasteiger partial charge on any atom is -0.489 e. The van der Waals surface area contributed by atoms with E-state index in [-0.39, 0.29) is 10.6 Å². The summed E-state index contributed by atoms with van der Waals surface area (Å²) < 4.78 is 35.9. The Labute approximate surface area is 288 Å². The van der Waals surface area contributed by atoms with Gasteiger partial charge in [0.1, 0.15) is 25.1 Å². The smallest absolute Gasteiger partial charge is 0.181 e. The highest BCUT2D eigenvalue weighted by Gasteiger charge is 2.48. The van der Waals surface area contributed by atoms with Crippen molar-refractivity contribution in [3.05, 3.63) is 77.9 Å². The Morgan fingerprint density at radius 1 is 0.896 bits per heavy atom. The first-order valence-electron chi connectivity index (χ1n) is 18.0. The molecule has 4 heterocycles. The molecule has 3 aromatic carbocycles. The zero-order valence-corrected chi connectivity index (χ0v) is 30.2. The Bertz CT molecular complexity index is 1630. The fourth-order valence-corrected chi connectivity index (χ4v) is 10.1. The molecule has 1 atom stereocenters. The van der Waals surface area contributed by atoms with Gasteiger partial charge in [-0.15, -0.1) is 0 Å². The zero-order valence-electron chi connectivity index (χ0n) is 29.4. The number of piperazine rings is 3. The van der Waals surface area contributed by atoms with Gasteiger partial charge in [-0.1, -0.05) is 69.9 Å². The van der Waals surface area contributed by atoms with Gasteiger partial charge in [-0.3, -0.25) is 4.90 Å². The van der Waals surface area contributed by atoms with Gasteiger partial charge in [0.25, 0.3) is 0 Å². The standard InChI is InChI=1S/C39H55N4O4S/c1-5-7-18-39(19-8-6-2)30-48(45,46)37-17-16-33(40(3)4)27-36(37)42(38(39)44)34-10-9-11-35(26-34)47-29-32-14-12-31(13-15-32)28-43-23-20-41(21-24-43)22-25-43/h9-17,26-27,38,44H,5-8,18-25,28-30H2,1-4H3/q+1/t38-/m0/s1. The molecule has 4 aliphatic rings. The second kappa shape index (κ2) is 14.4. The van der Waals surface area contributed by atoms with Gasteiger partial charge in [0.2, 0.25) is 0 Å². The van der Waals surface area contributed by atoms with E-state index in [0.717, 1.165) is 49.2 Å². The van der Waals surface area contributed by atoms with Crippen LogP contribution >= 0.6 is 0 Å². The topological polar surface area (TPSA) is 73.3 Å². The van der Waals surface area contributed by atoms with E-state index in [9.17, 15) is 13.5 Å². The molecule has 0 aliphatic carbocycles. The Balaban J connectivity index is 1.28. The molecule has 0 aromatic heterocycles.